The van der Waals surface area contributed by atoms with Crippen LogP contribution in [0.1, 0.15) is 38.7 Å². The number of fused-ring (bicyclic) bond motifs is 1. The highest BCUT2D eigenvalue weighted by Crippen LogP contribution is 2.38. The van der Waals surface area contributed by atoms with E-state index in [4.69, 9.17) is 0 Å². The van der Waals surface area contributed by atoms with Gasteiger partial charge in [0.25, 0.3) is 0 Å². The number of benzene rings is 1. The fraction of sp³-hybridized carbons (Fsp3) is 0.462. The molecule has 2 atom stereocenters. The van der Waals surface area contributed by atoms with Gasteiger partial charge in [-0.05, 0) is 18.6 Å². The minimum absolute atomic E-state index is 0.0655. The average molecular weight is 218 g/mol. The number of hydrogen-bond donors (Lipinski definition) is 1. The maximum atomic E-state index is 11.5. The summed E-state index contributed by atoms with van der Waals surface area (Å²) in [5.41, 5.74) is 5.40. The molecule has 3 heteroatoms. The number of hydrazine groups is 1. The molecule has 1 aliphatic rings. The quantitative estimate of drug-likeness (QED) is 0.827. The molecular weight excluding hydrogens is 200 g/mol. The maximum absolute atomic E-state index is 11.5. The van der Waals surface area contributed by atoms with Gasteiger partial charge in [-0.3, -0.25) is 15.2 Å². The molecule has 0 fully saturated rings. The summed E-state index contributed by atoms with van der Waals surface area (Å²) < 4.78 is 0. The van der Waals surface area contributed by atoms with Gasteiger partial charge in [-0.2, -0.15) is 0 Å². The zero-order valence-electron chi connectivity index (χ0n) is 10.0. The zero-order valence-corrected chi connectivity index (χ0v) is 10.0. The normalized spacial score (nSPS) is 23.1. The van der Waals surface area contributed by atoms with E-state index in [1.807, 2.05) is 24.1 Å². The van der Waals surface area contributed by atoms with E-state index in [-0.39, 0.29) is 5.91 Å². The summed E-state index contributed by atoms with van der Waals surface area (Å²) in [6, 6.07) is 8.56. The Morgan fingerprint density at radius 2 is 2.06 bits per heavy atom. The van der Waals surface area contributed by atoms with Crippen molar-refractivity contribution >= 4 is 11.6 Å². The topological polar surface area (TPSA) is 32.3 Å². The lowest BCUT2D eigenvalue weighted by atomic mass is 9.99. The van der Waals surface area contributed by atoms with Crippen LogP contribution in [0.3, 0.4) is 0 Å². The Morgan fingerprint density at radius 1 is 1.38 bits per heavy atom. The Labute approximate surface area is 96.4 Å². The second-order valence-electron chi connectivity index (χ2n) is 4.35. The molecule has 1 aromatic rings. The second-order valence-corrected chi connectivity index (χ2v) is 4.35. The number of carbonyl (C=O) groups excluding carboxylic acids is 1. The van der Waals surface area contributed by atoms with Crippen LogP contribution in [0, 0.1) is 0 Å². The number of anilines is 1. The van der Waals surface area contributed by atoms with Crippen molar-refractivity contribution in [2.45, 2.75) is 39.2 Å². The number of nitrogens with zero attached hydrogens (tertiary/aromatic N) is 1. The molecule has 0 unspecified atom stereocenters. The molecule has 0 saturated carbocycles. The smallest absolute Gasteiger partial charge is 0.238 e. The molecule has 86 valence electrons. The lowest BCUT2D eigenvalue weighted by Crippen LogP contribution is -2.46. The molecule has 1 aromatic carbocycles. The van der Waals surface area contributed by atoms with Crippen molar-refractivity contribution in [1.82, 2.24) is 5.43 Å². The predicted molar refractivity (Wildman–Crippen MR) is 65.2 cm³/mol. The van der Waals surface area contributed by atoms with Gasteiger partial charge in [0.2, 0.25) is 5.91 Å². The van der Waals surface area contributed by atoms with Crippen molar-refractivity contribution in [2.24, 2.45) is 0 Å². The first-order valence-electron chi connectivity index (χ1n) is 5.82. The minimum atomic E-state index is 0.0655. The highest BCUT2D eigenvalue weighted by atomic mass is 16.2. The van der Waals surface area contributed by atoms with Crippen LogP contribution in [0.2, 0.25) is 0 Å². The van der Waals surface area contributed by atoms with Crippen molar-refractivity contribution in [1.29, 1.82) is 0 Å². The minimum Gasteiger partial charge on any atom is -0.282 e. The third kappa shape index (κ3) is 1.66. The van der Waals surface area contributed by atoms with Crippen LogP contribution in [-0.2, 0) is 4.79 Å². The molecule has 2 rings (SSSR count). The first-order chi connectivity index (χ1) is 7.65. The third-order valence-electron chi connectivity index (χ3n) is 3.38. The molecule has 0 radical (unpaired) electrons. The Hall–Kier alpha value is -1.51. The summed E-state index contributed by atoms with van der Waals surface area (Å²) in [4.78, 5) is 11.5. The van der Waals surface area contributed by atoms with Gasteiger partial charge in [-0.1, -0.05) is 32.0 Å². The number of carbonyl (C=O) groups is 1. The Balaban J connectivity index is 2.30. The molecule has 1 heterocycles. The molecule has 16 heavy (non-hydrogen) atoms. The summed E-state index contributed by atoms with van der Waals surface area (Å²) in [5, 5.41) is 1.99. The zero-order chi connectivity index (χ0) is 11.7. The number of nitrogens with one attached hydrogen (secondary N) is 1. The SMILES string of the molecule is CCC(=O)NN1c2ccccc2[C@@H](C)[C@@H]1C. The van der Waals surface area contributed by atoms with Crippen molar-refractivity contribution in [3.05, 3.63) is 29.8 Å². The number of para-hydroxylation sites is 1. The first kappa shape index (κ1) is 11.0. The summed E-state index contributed by atoms with van der Waals surface area (Å²) in [7, 11) is 0. The highest BCUT2D eigenvalue weighted by Gasteiger charge is 2.32. The summed E-state index contributed by atoms with van der Waals surface area (Å²) in [5.74, 6) is 0.518. The van der Waals surface area contributed by atoms with Crippen molar-refractivity contribution in [2.75, 3.05) is 5.01 Å². The van der Waals surface area contributed by atoms with E-state index in [9.17, 15) is 4.79 Å². The van der Waals surface area contributed by atoms with Gasteiger partial charge in [-0.25, -0.2) is 0 Å². The molecule has 0 spiro atoms. The van der Waals surface area contributed by atoms with Crippen molar-refractivity contribution in [3.63, 3.8) is 0 Å². The fourth-order valence-corrected chi connectivity index (χ4v) is 2.17. The molecule has 1 aliphatic heterocycles. The Morgan fingerprint density at radius 3 is 2.75 bits per heavy atom. The highest BCUT2D eigenvalue weighted by molar-refractivity contribution is 5.79. The molecular formula is C13H18N2O. The molecule has 1 amide bonds. The molecule has 1 N–H and O–H groups in total. The summed E-state index contributed by atoms with van der Waals surface area (Å²) >= 11 is 0. The predicted octanol–water partition coefficient (Wildman–Crippen LogP) is 2.44. The van der Waals surface area contributed by atoms with Gasteiger partial charge in [0.1, 0.15) is 0 Å². The largest absolute Gasteiger partial charge is 0.282 e. The standard InChI is InChI=1S/C13H18N2O/c1-4-13(16)14-15-10(3)9(2)11-7-5-6-8-12(11)15/h5-10H,4H2,1-3H3,(H,14,16)/t9-,10-/m0/s1. The fourth-order valence-electron chi connectivity index (χ4n) is 2.17. The Bertz CT molecular complexity index is 403. The van der Waals surface area contributed by atoms with Crippen LogP contribution in [0.5, 0.6) is 0 Å². The van der Waals surface area contributed by atoms with E-state index >= 15 is 0 Å². The van der Waals surface area contributed by atoms with E-state index in [1.54, 1.807) is 0 Å². The number of rotatable bonds is 2. The molecule has 0 saturated heterocycles. The van der Waals surface area contributed by atoms with Gasteiger partial charge in [0.15, 0.2) is 0 Å². The monoisotopic (exact) mass is 218 g/mol. The van der Waals surface area contributed by atoms with Crippen LogP contribution in [0.25, 0.3) is 0 Å². The van der Waals surface area contributed by atoms with Crippen LogP contribution in [0.4, 0.5) is 5.69 Å². The van der Waals surface area contributed by atoms with Gasteiger partial charge in [0.05, 0.1) is 11.7 Å². The second kappa shape index (κ2) is 4.16. The van der Waals surface area contributed by atoms with Gasteiger partial charge >= 0.3 is 0 Å². The van der Waals surface area contributed by atoms with E-state index in [1.165, 1.54) is 5.56 Å². The van der Waals surface area contributed by atoms with Gasteiger partial charge < -0.3 is 0 Å². The number of hydrogen-bond acceptors (Lipinski definition) is 2. The van der Waals surface area contributed by atoms with Crippen LogP contribution < -0.4 is 10.4 Å². The summed E-state index contributed by atoms with van der Waals surface area (Å²) in [6.07, 6.45) is 0.514. The number of amides is 1. The van der Waals surface area contributed by atoms with Crippen LogP contribution in [0.15, 0.2) is 24.3 Å². The maximum Gasteiger partial charge on any atom is 0.238 e. The lowest BCUT2D eigenvalue weighted by molar-refractivity contribution is -0.121. The lowest BCUT2D eigenvalue weighted by Gasteiger charge is -2.26. The van der Waals surface area contributed by atoms with Crippen LogP contribution >= 0.6 is 0 Å². The molecule has 0 bridgehead atoms. The van der Waals surface area contributed by atoms with E-state index in [2.05, 4.69) is 31.4 Å². The average Bonchev–Trinajstić information content (AvgIpc) is 2.55. The Kier molecular flexibility index (Phi) is 2.86. The van der Waals surface area contributed by atoms with Crippen molar-refractivity contribution in [3.8, 4) is 0 Å². The third-order valence-corrected chi connectivity index (χ3v) is 3.38. The van der Waals surface area contributed by atoms with Crippen molar-refractivity contribution < 1.29 is 4.79 Å². The van der Waals surface area contributed by atoms with E-state index in [0.717, 1.165) is 5.69 Å². The van der Waals surface area contributed by atoms with Crippen LogP contribution in [-0.4, -0.2) is 11.9 Å². The van der Waals surface area contributed by atoms with E-state index in [0.29, 0.717) is 18.4 Å². The summed E-state index contributed by atoms with van der Waals surface area (Å²) in [6.45, 7) is 6.20. The van der Waals surface area contributed by atoms with Gasteiger partial charge in [0, 0.05) is 12.3 Å². The van der Waals surface area contributed by atoms with Gasteiger partial charge in [-0.15, -0.1) is 0 Å². The van der Waals surface area contributed by atoms with E-state index < -0.39 is 0 Å². The molecule has 0 aromatic heterocycles. The molecule has 0 aliphatic carbocycles. The molecule has 3 nitrogen and oxygen atoms in total. The first-order valence-corrected chi connectivity index (χ1v) is 5.82.